The second kappa shape index (κ2) is 4.40. The summed E-state index contributed by atoms with van der Waals surface area (Å²) in [5, 5.41) is 9.83. The summed E-state index contributed by atoms with van der Waals surface area (Å²) in [7, 11) is 0. The largest absolute Gasteiger partial charge is 0.384 e. The van der Waals surface area contributed by atoms with E-state index >= 15 is 0 Å². The van der Waals surface area contributed by atoms with Gasteiger partial charge in [0.25, 0.3) is 0 Å². The Morgan fingerprint density at radius 3 is 2.44 bits per heavy atom. The lowest BCUT2D eigenvalue weighted by atomic mass is 10.2. The van der Waals surface area contributed by atoms with E-state index in [9.17, 15) is 0 Å². The number of nitriles is 1. The van der Waals surface area contributed by atoms with Crippen molar-refractivity contribution in [2.45, 2.75) is 20.8 Å². The Balaban J connectivity index is 2.81. The summed E-state index contributed by atoms with van der Waals surface area (Å²) in [5.74, 6) is 0.470. The summed E-state index contributed by atoms with van der Waals surface area (Å²) in [6.45, 7) is 5.80. The summed E-state index contributed by atoms with van der Waals surface area (Å²) in [4.78, 5) is 0. The van der Waals surface area contributed by atoms with Crippen molar-refractivity contribution in [1.29, 1.82) is 5.26 Å². The zero-order valence-corrected chi connectivity index (χ0v) is 11.3. The number of rotatable bonds is 1. The molecule has 0 unspecified atom stereocenters. The highest BCUT2D eigenvalue weighted by Gasteiger charge is 2.17. The Morgan fingerprint density at radius 2 is 1.89 bits per heavy atom. The Labute approximate surface area is 111 Å². The number of aromatic nitrogens is 1. The van der Waals surface area contributed by atoms with Gasteiger partial charge < -0.3 is 5.73 Å². The lowest BCUT2D eigenvalue weighted by Gasteiger charge is -2.13. The van der Waals surface area contributed by atoms with Crippen LogP contribution in [-0.2, 0) is 0 Å². The maximum atomic E-state index is 9.14. The molecule has 4 heteroatoms. The Hall–Kier alpha value is -1.92. The van der Waals surface area contributed by atoms with Crippen LogP contribution in [0.3, 0.4) is 0 Å². The molecule has 0 fully saturated rings. The number of hydrogen-bond donors (Lipinski definition) is 1. The van der Waals surface area contributed by atoms with Crippen LogP contribution in [0.4, 0.5) is 5.82 Å². The first-order valence-corrected chi connectivity index (χ1v) is 5.99. The molecule has 1 aromatic heterocycles. The molecule has 3 nitrogen and oxygen atoms in total. The molecule has 0 aliphatic heterocycles. The van der Waals surface area contributed by atoms with E-state index in [0.717, 1.165) is 22.5 Å². The average molecular weight is 260 g/mol. The number of anilines is 1. The van der Waals surface area contributed by atoms with E-state index in [1.807, 2.05) is 43.5 Å². The van der Waals surface area contributed by atoms with Gasteiger partial charge in [-0.25, -0.2) is 0 Å². The lowest BCUT2D eigenvalue weighted by Crippen LogP contribution is -2.04. The number of nitrogens with zero attached hydrogens (tertiary/aromatic N) is 2. The molecule has 1 aromatic carbocycles. The van der Waals surface area contributed by atoms with Crippen LogP contribution < -0.4 is 5.73 Å². The van der Waals surface area contributed by atoms with Crippen LogP contribution in [0.15, 0.2) is 18.2 Å². The molecule has 2 aromatic rings. The van der Waals surface area contributed by atoms with Crippen molar-refractivity contribution in [2.75, 3.05) is 5.73 Å². The minimum atomic E-state index is 0.470. The highest BCUT2D eigenvalue weighted by atomic mass is 35.5. The van der Waals surface area contributed by atoms with E-state index in [2.05, 4.69) is 6.07 Å². The maximum Gasteiger partial charge on any atom is 0.126 e. The summed E-state index contributed by atoms with van der Waals surface area (Å²) < 4.78 is 1.88. The van der Waals surface area contributed by atoms with Crippen molar-refractivity contribution in [3.05, 3.63) is 45.6 Å². The van der Waals surface area contributed by atoms with Crippen LogP contribution in [0, 0.1) is 32.1 Å². The molecule has 0 saturated carbocycles. The van der Waals surface area contributed by atoms with Crippen molar-refractivity contribution < 1.29 is 0 Å². The average Bonchev–Trinajstić information content (AvgIpc) is 2.55. The molecule has 2 N–H and O–H groups in total. The van der Waals surface area contributed by atoms with E-state index in [1.54, 1.807) is 0 Å². The fourth-order valence-electron chi connectivity index (χ4n) is 2.12. The first-order valence-electron chi connectivity index (χ1n) is 5.62. The van der Waals surface area contributed by atoms with Gasteiger partial charge in [-0.15, -0.1) is 0 Å². The molecule has 0 radical (unpaired) electrons. The lowest BCUT2D eigenvalue weighted by molar-refractivity contribution is 1.00. The quantitative estimate of drug-likeness (QED) is 0.852. The fraction of sp³-hybridized carbons (Fsp3) is 0.214. The van der Waals surface area contributed by atoms with Crippen LogP contribution in [0.1, 0.15) is 22.4 Å². The predicted octanol–water partition coefficient (Wildman–Crippen LogP) is 3.51. The minimum Gasteiger partial charge on any atom is -0.384 e. The molecular weight excluding hydrogens is 246 g/mol. The first-order chi connectivity index (χ1) is 8.49. The maximum absolute atomic E-state index is 9.14. The van der Waals surface area contributed by atoms with Gasteiger partial charge >= 0.3 is 0 Å². The second-order valence-electron chi connectivity index (χ2n) is 4.30. The molecule has 0 aliphatic carbocycles. The molecule has 0 aliphatic rings. The third kappa shape index (κ3) is 1.66. The molecule has 0 bridgehead atoms. The summed E-state index contributed by atoms with van der Waals surface area (Å²) >= 11 is 6.13. The zero-order chi connectivity index (χ0) is 13.4. The van der Waals surface area contributed by atoms with Crippen LogP contribution in [0.5, 0.6) is 0 Å². The molecule has 1 heterocycles. The Bertz CT molecular complexity index is 663. The van der Waals surface area contributed by atoms with Crippen LogP contribution in [0.2, 0.25) is 5.02 Å². The van der Waals surface area contributed by atoms with Gasteiger partial charge in [0.1, 0.15) is 11.9 Å². The van der Waals surface area contributed by atoms with Crippen LogP contribution in [-0.4, -0.2) is 4.57 Å². The summed E-state index contributed by atoms with van der Waals surface area (Å²) in [5.41, 5.74) is 10.3. The number of nitrogen functional groups attached to an aromatic ring is 1. The van der Waals surface area contributed by atoms with Crippen molar-refractivity contribution in [3.63, 3.8) is 0 Å². The monoisotopic (exact) mass is 259 g/mol. The van der Waals surface area contributed by atoms with Gasteiger partial charge in [-0.2, -0.15) is 5.26 Å². The van der Waals surface area contributed by atoms with E-state index in [4.69, 9.17) is 22.6 Å². The number of halogens is 1. The Kier molecular flexibility index (Phi) is 3.06. The molecule has 92 valence electrons. The van der Waals surface area contributed by atoms with Gasteiger partial charge in [0.05, 0.1) is 11.3 Å². The van der Waals surface area contributed by atoms with Crippen molar-refractivity contribution in [3.8, 4) is 11.8 Å². The summed E-state index contributed by atoms with van der Waals surface area (Å²) in [6, 6.07) is 7.82. The third-order valence-corrected chi connectivity index (χ3v) is 3.75. The molecule has 18 heavy (non-hydrogen) atoms. The van der Waals surface area contributed by atoms with E-state index in [0.29, 0.717) is 16.4 Å². The van der Waals surface area contributed by atoms with Gasteiger partial charge in [0.2, 0.25) is 0 Å². The van der Waals surface area contributed by atoms with Gasteiger partial charge in [-0.1, -0.05) is 17.7 Å². The molecule has 0 spiro atoms. The predicted molar refractivity (Wildman–Crippen MR) is 74.1 cm³/mol. The number of hydrogen-bond acceptors (Lipinski definition) is 2. The SMILES string of the molecule is Cc1c(Cl)cccc1-n1c(C)c(C)c(C#N)c1N. The molecular formula is C14H14ClN3. The number of nitrogens with two attached hydrogens (primary N) is 1. The topological polar surface area (TPSA) is 54.7 Å². The standard InChI is InChI=1S/C14H14ClN3/c1-8-10(3)18(14(17)11(8)7-16)13-6-4-5-12(15)9(13)2/h4-6H,17H2,1-3H3. The van der Waals surface area contributed by atoms with E-state index < -0.39 is 0 Å². The Morgan fingerprint density at radius 1 is 1.22 bits per heavy atom. The molecule has 0 saturated heterocycles. The third-order valence-electron chi connectivity index (χ3n) is 3.34. The smallest absolute Gasteiger partial charge is 0.126 e. The number of benzene rings is 1. The van der Waals surface area contributed by atoms with Crippen molar-refractivity contribution in [2.24, 2.45) is 0 Å². The minimum absolute atomic E-state index is 0.470. The van der Waals surface area contributed by atoms with Gasteiger partial charge in [-0.05, 0) is 44.0 Å². The molecule has 2 rings (SSSR count). The van der Waals surface area contributed by atoms with Crippen LogP contribution >= 0.6 is 11.6 Å². The second-order valence-corrected chi connectivity index (χ2v) is 4.71. The van der Waals surface area contributed by atoms with Gasteiger partial charge in [0.15, 0.2) is 0 Å². The van der Waals surface area contributed by atoms with Gasteiger partial charge in [-0.3, -0.25) is 4.57 Å². The van der Waals surface area contributed by atoms with Crippen molar-refractivity contribution in [1.82, 2.24) is 4.57 Å². The normalized spacial score (nSPS) is 10.4. The van der Waals surface area contributed by atoms with Crippen molar-refractivity contribution >= 4 is 17.4 Å². The van der Waals surface area contributed by atoms with E-state index in [1.165, 1.54) is 0 Å². The molecule has 0 atom stereocenters. The highest BCUT2D eigenvalue weighted by Crippen LogP contribution is 2.31. The molecule has 0 amide bonds. The first kappa shape index (κ1) is 12.5. The van der Waals surface area contributed by atoms with Crippen LogP contribution in [0.25, 0.3) is 5.69 Å². The summed E-state index contributed by atoms with van der Waals surface area (Å²) in [6.07, 6.45) is 0. The highest BCUT2D eigenvalue weighted by molar-refractivity contribution is 6.31. The van der Waals surface area contributed by atoms with Gasteiger partial charge in [0, 0.05) is 10.7 Å². The zero-order valence-electron chi connectivity index (χ0n) is 10.6. The fourth-order valence-corrected chi connectivity index (χ4v) is 2.29. The van der Waals surface area contributed by atoms with E-state index in [-0.39, 0.29) is 0 Å².